The van der Waals surface area contributed by atoms with Gasteiger partial charge in [0.1, 0.15) is 0 Å². The lowest BCUT2D eigenvalue weighted by molar-refractivity contribution is 0.993. The van der Waals surface area contributed by atoms with E-state index in [1.807, 2.05) is 19.9 Å². The molecule has 4 N–H and O–H groups in total. The topological polar surface area (TPSA) is 64.9 Å². The molecule has 1 rings (SSSR count). The van der Waals surface area contributed by atoms with Gasteiger partial charge in [-0.2, -0.15) is 0 Å². The second kappa shape index (κ2) is 2.88. The summed E-state index contributed by atoms with van der Waals surface area (Å²) in [4.78, 5) is 4.24. The minimum absolute atomic E-state index is 0.503. The number of nitrogens with two attached hydrogens (primary N) is 2. The third-order valence-corrected chi connectivity index (χ3v) is 1.77. The molecule has 0 aromatic carbocycles. The van der Waals surface area contributed by atoms with Crippen LogP contribution in [0.2, 0.25) is 0 Å². The van der Waals surface area contributed by atoms with Crippen LogP contribution < -0.4 is 11.5 Å². The van der Waals surface area contributed by atoms with E-state index in [0.717, 1.165) is 22.6 Å². The number of rotatable bonds is 1. The van der Waals surface area contributed by atoms with Gasteiger partial charge < -0.3 is 11.5 Å². The molecular formula is C8H13N3. The van der Waals surface area contributed by atoms with Crippen molar-refractivity contribution in [1.82, 2.24) is 4.98 Å². The molecule has 0 atom stereocenters. The highest BCUT2D eigenvalue weighted by Gasteiger charge is 2.00. The first kappa shape index (κ1) is 8.01. The fourth-order valence-corrected chi connectivity index (χ4v) is 0.991. The van der Waals surface area contributed by atoms with Crippen molar-refractivity contribution in [3.8, 4) is 0 Å². The van der Waals surface area contributed by atoms with Gasteiger partial charge in [-0.3, -0.25) is 4.98 Å². The van der Waals surface area contributed by atoms with Gasteiger partial charge >= 0.3 is 0 Å². The van der Waals surface area contributed by atoms with E-state index < -0.39 is 0 Å². The number of anilines is 1. The first-order chi connectivity index (χ1) is 5.15. The molecule has 0 bridgehead atoms. The molecule has 1 heterocycles. The van der Waals surface area contributed by atoms with E-state index in [1.54, 1.807) is 0 Å². The molecule has 0 aliphatic rings. The highest BCUT2D eigenvalue weighted by molar-refractivity contribution is 5.45. The summed E-state index contributed by atoms with van der Waals surface area (Å²) in [5.74, 6) is 0. The largest absolute Gasteiger partial charge is 0.397 e. The lowest BCUT2D eigenvalue weighted by Crippen LogP contribution is -2.04. The smallest absolute Gasteiger partial charge is 0.0605 e. The summed E-state index contributed by atoms with van der Waals surface area (Å²) >= 11 is 0. The Morgan fingerprint density at radius 2 is 2.00 bits per heavy atom. The molecule has 0 aliphatic heterocycles. The van der Waals surface area contributed by atoms with Crippen LogP contribution in [0.5, 0.6) is 0 Å². The summed E-state index contributed by atoms with van der Waals surface area (Å²) in [6.07, 6.45) is 0. The van der Waals surface area contributed by atoms with Crippen LogP contribution in [0, 0.1) is 13.8 Å². The zero-order valence-electron chi connectivity index (χ0n) is 6.89. The van der Waals surface area contributed by atoms with Crippen molar-refractivity contribution in [3.05, 3.63) is 23.0 Å². The van der Waals surface area contributed by atoms with Crippen molar-refractivity contribution in [2.75, 3.05) is 5.73 Å². The molecule has 0 fully saturated rings. The standard InChI is InChI=1S/C8H13N3/c1-5-7(4-9)3-8(10)6(2)11-5/h3H,4,9-10H2,1-2H3. The van der Waals surface area contributed by atoms with Gasteiger partial charge in [-0.05, 0) is 25.5 Å². The van der Waals surface area contributed by atoms with Crippen molar-refractivity contribution in [2.24, 2.45) is 5.73 Å². The van der Waals surface area contributed by atoms with Gasteiger partial charge in [-0.1, -0.05) is 0 Å². The van der Waals surface area contributed by atoms with Gasteiger partial charge in [0.2, 0.25) is 0 Å². The Kier molecular flexibility index (Phi) is 2.10. The predicted octanol–water partition coefficient (Wildman–Crippen LogP) is 0.739. The molecule has 0 amide bonds. The van der Waals surface area contributed by atoms with Crippen LogP contribution in [-0.4, -0.2) is 4.98 Å². The Morgan fingerprint density at radius 3 is 2.55 bits per heavy atom. The molecule has 3 nitrogen and oxygen atoms in total. The number of nitrogen functional groups attached to an aromatic ring is 1. The average molecular weight is 151 g/mol. The molecule has 0 unspecified atom stereocenters. The highest BCUT2D eigenvalue weighted by Crippen LogP contribution is 2.12. The van der Waals surface area contributed by atoms with E-state index in [4.69, 9.17) is 11.5 Å². The maximum absolute atomic E-state index is 5.65. The third-order valence-electron chi connectivity index (χ3n) is 1.77. The maximum atomic E-state index is 5.65. The lowest BCUT2D eigenvalue weighted by atomic mass is 10.1. The van der Waals surface area contributed by atoms with Crippen LogP contribution >= 0.6 is 0 Å². The second-order valence-corrected chi connectivity index (χ2v) is 2.61. The zero-order chi connectivity index (χ0) is 8.43. The molecule has 3 heteroatoms. The van der Waals surface area contributed by atoms with Crippen LogP contribution in [-0.2, 0) is 6.54 Å². The molecule has 60 valence electrons. The van der Waals surface area contributed by atoms with E-state index in [2.05, 4.69) is 4.98 Å². The number of pyridine rings is 1. The first-order valence-electron chi connectivity index (χ1n) is 3.58. The monoisotopic (exact) mass is 151 g/mol. The van der Waals surface area contributed by atoms with Crippen molar-refractivity contribution in [2.45, 2.75) is 20.4 Å². The number of aryl methyl sites for hydroxylation is 2. The van der Waals surface area contributed by atoms with Crippen molar-refractivity contribution in [1.29, 1.82) is 0 Å². The number of hydrogen-bond donors (Lipinski definition) is 2. The number of hydrogen-bond acceptors (Lipinski definition) is 3. The van der Waals surface area contributed by atoms with Crippen LogP contribution in [0.4, 0.5) is 5.69 Å². The summed E-state index contributed by atoms with van der Waals surface area (Å²) in [5.41, 5.74) is 14.7. The third kappa shape index (κ3) is 1.49. The molecule has 0 saturated carbocycles. The molecule has 11 heavy (non-hydrogen) atoms. The molecule has 0 aliphatic carbocycles. The quantitative estimate of drug-likeness (QED) is 0.622. The van der Waals surface area contributed by atoms with Crippen LogP contribution in [0.15, 0.2) is 6.07 Å². The minimum Gasteiger partial charge on any atom is -0.397 e. The van der Waals surface area contributed by atoms with E-state index >= 15 is 0 Å². The summed E-state index contributed by atoms with van der Waals surface area (Å²) in [5, 5.41) is 0. The Bertz CT molecular complexity index is 268. The van der Waals surface area contributed by atoms with E-state index in [9.17, 15) is 0 Å². The second-order valence-electron chi connectivity index (χ2n) is 2.61. The van der Waals surface area contributed by atoms with Gasteiger partial charge in [0.15, 0.2) is 0 Å². The van der Waals surface area contributed by atoms with Crippen molar-refractivity contribution >= 4 is 5.69 Å². The van der Waals surface area contributed by atoms with Gasteiger partial charge in [0, 0.05) is 12.2 Å². The predicted molar refractivity (Wildman–Crippen MR) is 46.0 cm³/mol. The zero-order valence-corrected chi connectivity index (χ0v) is 6.89. The minimum atomic E-state index is 0.503. The van der Waals surface area contributed by atoms with E-state index in [1.165, 1.54) is 0 Å². The Hall–Kier alpha value is -1.09. The fraction of sp³-hybridized carbons (Fsp3) is 0.375. The molecule has 1 aromatic rings. The maximum Gasteiger partial charge on any atom is 0.0605 e. The summed E-state index contributed by atoms with van der Waals surface area (Å²) in [6.45, 7) is 4.33. The SMILES string of the molecule is Cc1nc(C)c(CN)cc1N. The first-order valence-corrected chi connectivity index (χ1v) is 3.58. The van der Waals surface area contributed by atoms with Crippen LogP contribution in [0.25, 0.3) is 0 Å². The van der Waals surface area contributed by atoms with Gasteiger partial charge in [-0.25, -0.2) is 0 Å². The summed E-state index contributed by atoms with van der Waals surface area (Å²) in [7, 11) is 0. The van der Waals surface area contributed by atoms with Crippen molar-refractivity contribution < 1.29 is 0 Å². The molecule has 0 radical (unpaired) electrons. The van der Waals surface area contributed by atoms with Gasteiger partial charge in [0.25, 0.3) is 0 Å². The Balaban J connectivity index is 3.21. The summed E-state index contributed by atoms with van der Waals surface area (Å²) in [6, 6.07) is 1.89. The van der Waals surface area contributed by atoms with E-state index in [0.29, 0.717) is 6.54 Å². The Labute approximate surface area is 66.4 Å². The van der Waals surface area contributed by atoms with Crippen molar-refractivity contribution in [3.63, 3.8) is 0 Å². The van der Waals surface area contributed by atoms with Crippen LogP contribution in [0.3, 0.4) is 0 Å². The van der Waals surface area contributed by atoms with Crippen LogP contribution in [0.1, 0.15) is 17.0 Å². The lowest BCUT2D eigenvalue weighted by Gasteiger charge is -2.05. The molecule has 0 saturated heterocycles. The summed E-state index contributed by atoms with van der Waals surface area (Å²) < 4.78 is 0. The molecule has 0 spiro atoms. The average Bonchev–Trinajstić information content (AvgIpc) is 1.97. The Morgan fingerprint density at radius 1 is 1.36 bits per heavy atom. The molecular weight excluding hydrogens is 138 g/mol. The highest BCUT2D eigenvalue weighted by atomic mass is 14.8. The fourth-order valence-electron chi connectivity index (χ4n) is 0.991. The molecule has 1 aromatic heterocycles. The number of aromatic nitrogens is 1. The normalized spacial score (nSPS) is 10.1. The van der Waals surface area contributed by atoms with Gasteiger partial charge in [-0.15, -0.1) is 0 Å². The number of nitrogens with zero attached hydrogens (tertiary/aromatic N) is 1. The van der Waals surface area contributed by atoms with E-state index in [-0.39, 0.29) is 0 Å². The van der Waals surface area contributed by atoms with Gasteiger partial charge in [0.05, 0.1) is 11.4 Å².